The minimum Gasteiger partial charge on any atom is -0.296 e. The van der Waals surface area contributed by atoms with Crippen LogP contribution in [0.25, 0.3) is 0 Å². The zero-order valence-corrected chi connectivity index (χ0v) is 9.04. The molecule has 0 radical (unpaired) electrons. The first-order chi connectivity index (χ1) is 6.52. The number of nitrogens with one attached hydrogen (secondary N) is 1. The highest BCUT2D eigenvalue weighted by Crippen LogP contribution is 2.35. The molecule has 1 saturated heterocycles. The molecule has 1 atom stereocenters. The van der Waals surface area contributed by atoms with Crippen LogP contribution in [0.4, 0.5) is 0 Å². The van der Waals surface area contributed by atoms with Crippen LogP contribution >= 0.6 is 22.9 Å². The predicted octanol–water partition coefficient (Wildman–Crippen LogP) is 1.71. The van der Waals surface area contributed by atoms with E-state index in [1.807, 2.05) is 5.38 Å². The van der Waals surface area contributed by atoms with Crippen LogP contribution in [0, 0.1) is 0 Å². The van der Waals surface area contributed by atoms with E-state index in [0.717, 1.165) is 5.56 Å². The molecule has 1 unspecified atom stereocenters. The van der Waals surface area contributed by atoms with Crippen LogP contribution in [0.5, 0.6) is 0 Å². The number of imide groups is 1. The highest BCUT2D eigenvalue weighted by molar-refractivity contribution is 7.14. The number of amides is 2. The Labute approximate surface area is 90.1 Å². The summed E-state index contributed by atoms with van der Waals surface area (Å²) in [6.07, 6.45) is 0.207. The molecule has 2 amide bonds. The zero-order valence-electron chi connectivity index (χ0n) is 7.46. The highest BCUT2D eigenvalue weighted by atomic mass is 35.5. The van der Waals surface area contributed by atoms with Gasteiger partial charge in [-0.1, -0.05) is 11.6 Å². The maximum atomic E-state index is 11.5. The normalized spacial score (nSPS) is 26.7. The van der Waals surface area contributed by atoms with Crippen molar-refractivity contribution in [3.05, 3.63) is 21.3 Å². The topological polar surface area (TPSA) is 46.2 Å². The molecule has 5 heteroatoms. The summed E-state index contributed by atoms with van der Waals surface area (Å²) in [6.45, 7) is 1.76. The number of carbonyl (C=O) groups excluding carboxylic acids is 2. The van der Waals surface area contributed by atoms with Crippen LogP contribution in [0.2, 0.25) is 4.34 Å². The van der Waals surface area contributed by atoms with Crippen molar-refractivity contribution in [2.45, 2.75) is 18.8 Å². The summed E-state index contributed by atoms with van der Waals surface area (Å²) in [5.41, 5.74) is 0.0802. The second-order valence-corrected chi connectivity index (χ2v) is 5.07. The SMILES string of the molecule is CC1(c2csc(Cl)c2)CC(=O)NC1=O. The van der Waals surface area contributed by atoms with E-state index in [1.54, 1.807) is 13.0 Å². The lowest BCUT2D eigenvalue weighted by Gasteiger charge is -2.17. The van der Waals surface area contributed by atoms with Gasteiger partial charge in [-0.25, -0.2) is 0 Å². The largest absolute Gasteiger partial charge is 0.296 e. The molecule has 1 aliphatic heterocycles. The van der Waals surface area contributed by atoms with E-state index in [4.69, 9.17) is 11.6 Å². The summed E-state index contributed by atoms with van der Waals surface area (Å²) in [5.74, 6) is -0.461. The van der Waals surface area contributed by atoms with E-state index in [0.29, 0.717) is 4.34 Å². The average molecular weight is 230 g/mol. The number of halogens is 1. The quantitative estimate of drug-likeness (QED) is 0.746. The first-order valence-corrected chi connectivity index (χ1v) is 5.37. The van der Waals surface area contributed by atoms with Crippen LogP contribution in [-0.2, 0) is 15.0 Å². The summed E-state index contributed by atoms with van der Waals surface area (Å²) < 4.78 is 0.633. The Morgan fingerprint density at radius 1 is 1.57 bits per heavy atom. The van der Waals surface area contributed by atoms with E-state index in [1.165, 1.54) is 11.3 Å². The van der Waals surface area contributed by atoms with Gasteiger partial charge in [0.2, 0.25) is 11.8 Å². The molecule has 1 fully saturated rings. The van der Waals surface area contributed by atoms with Crippen LogP contribution in [0.1, 0.15) is 18.9 Å². The van der Waals surface area contributed by atoms with Crippen LogP contribution in [0.3, 0.4) is 0 Å². The van der Waals surface area contributed by atoms with Gasteiger partial charge < -0.3 is 0 Å². The lowest BCUT2D eigenvalue weighted by atomic mass is 9.83. The molecular formula is C9H8ClNO2S. The fourth-order valence-corrected chi connectivity index (χ4v) is 2.56. The molecule has 0 aromatic carbocycles. The van der Waals surface area contributed by atoms with Crippen molar-refractivity contribution in [1.82, 2.24) is 5.32 Å². The molecular weight excluding hydrogens is 222 g/mol. The molecule has 74 valence electrons. The molecule has 1 aliphatic rings. The molecule has 0 aliphatic carbocycles. The maximum absolute atomic E-state index is 11.5. The Kier molecular flexibility index (Phi) is 2.12. The first-order valence-electron chi connectivity index (χ1n) is 4.11. The van der Waals surface area contributed by atoms with Gasteiger partial charge in [0.05, 0.1) is 9.75 Å². The van der Waals surface area contributed by atoms with Crippen LogP contribution in [0.15, 0.2) is 11.4 Å². The molecule has 2 heterocycles. The lowest BCUT2D eigenvalue weighted by molar-refractivity contribution is -0.126. The summed E-state index contributed by atoms with van der Waals surface area (Å²) in [6, 6.07) is 1.74. The van der Waals surface area contributed by atoms with Crippen molar-refractivity contribution in [2.24, 2.45) is 0 Å². The molecule has 14 heavy (non-hydrogen) atoms. The minimum atomic E-state index is -0.735. The van der Waals surface area contributed by atoms with Crippen molar-refractivity contribution in [1.29, 1.82) is 0 Å². The van der Waals surface area contributed by atoms with Crippen molar-refractivity contribution in [3.8, 4) is 0 Å². The number of rotatable bonds is 1. The highest BCUT2D eigenvalue weighted by Gasteiger charge is 2.44. The van der Waals surface area contributed by atoms with Crippen LogP contribution in [-0.4, -0.2) is 11.8 Å². The van der Waals surface area contributed by atoms with Gasteiger partial charge in [-0.2, -0.15) is 0 Å². The summed E-state index contributed by atoms with van der Waals surface area (Å²) >= 11 is 7.15. The smallest absolute Gasteiger partial charge is 0.237 e. The zero-order chi connectivity index (χ0) is 10.3. The van der Waals surface area contributed by atoms with Gasteiger partial charge in [0.15, 0.2) is 0 Å². The van der Waals surface area contributed by atoms with Gasteiger partial charge in [0, 0.05) is 6.42 Å². The Balaban J connectivity index is 2.42. The van der Waals surface area contributed by atoms with Crippen molar-refractivity contribution in [2.75, 3.05) is 0 Å². The van der Waals surface area contributed by atoms with Crippen molar-refractivity contribution in [3.63, 3.8) is 0 Å². The summed E-state index contributed by atoms with van der Waals surface area (Å²) in [7, 11) is 0. The van der Waals surface area contributed by atoms with Gasteiger partial charge in [-0.15, -0.1) is 11.3 Å². The predicted molar refractivity (Wildman–Crippen MR) is 54.4 cm³/mol. The number of thiophene rings is 1. The Bertz CT molecular complexity index is 415. The fourth-order valence-electron chi connectivity index (χ4n) is 1.54. The van der Waals surface area contributed by atoms with Gasteiger partial charge >= 0.3 is 0 Å². The third kappa shape index (κ3) is 1.35. The first kappa shape index (κ1) is 9.68. The van der Waals surface area contributed by atoms with Crippen molar-refractivity contribution < 1.29 is 9.59 Å². The summed E-state index contributed by atoms with van der Waals surface area (Å²) in [5, 5.41) is 4.12. The lowest BCUT2D eigenvalue weighted by Crippen LogP contribution is -2.32. The summed E-state index contributed by atoms with van der Waals surface area (Å²) in [4.78, 5) is 22.6. The Hall–Kier alpha value is -0.870. The van der Waals surface area contributed by atoms with E-state index in [2.05, 4.69) is 5.32 Å². The minimum absolute atomic E-state index is 0.207. The Morgan fingerprint density at radius 3 is 2.71 bits per heavy atom. The van der Waals surface area contributed by atoms with Crippen LogP contribution < -0.4 is 5.32 Å². The molecule has 0 bridgehead atoms. The average Bonchev–Trinajstić information content (AvgIpc) is 2.59. The molecule has 2 rings (SSSR count). The van der Waals surface area contributed by atoms with E-state index in [-0.39, 0.29) is 18.2 Å². The number of hydrogen-bond donors (Lipinski definition) is 1. The molecule has 0 spiro atoms. The Morgan fingerprint density at radius 2 is 2.29 bits per heavy atom. The number of hydrogen-bond acceptors (Lipinski definition) is 3. The van der Waals surface area contributed by atoms with E-state index >= 15 is 0 Å². The third-order valence-corrected chi connectivity index (χ3v) is 3.56. The second kappa shape index (κ2) is 3.07. The second-order valence-electron chi connectivity index (χ2n) is 3.53. The maximum Gasteiger partial charge on any atom is 0.237 e. The molecule has 3 nitrogen and oxygen atoms in total. The van der Waals surface area contributed by atoms with Gasteiger partial charge in [0.25, 0.3) is 0 Å². The van der Waals surface area contributed by atoms with Crippen molar-refractivity contribution >= 4 is 34.8 Å². The molecule has 1 N–H and O–H groups in total. The van der Waals surface area contributed by atoms with E-state index in [9.17, 15) is 9.59 Å². The molecule has 1 aromatic rings. The van der Waals surface area contributed by atoms with E-state index < -0.39 is 5.41 Å². The van der Waals surface area contributed by atoms with Gasteiger partial charge in [-0.05, 0) is 23.9 Å². The monoisotopic (exact) mass is 229 g/mol. The molecule has 1 aromatic heterocycles. The molecule has 0 saturated carbocycles. The number of carbonyl (C=O) groups is 2. The third-order valence-electron chi connectivity index (χ3n) is 2.47. The van der Waals surface area contributed by atoms with Gasteiger partial charge in [0.1, 0.15) is 0 Å². The fraction of sp³-hybridized carbons (Fsp3) is 0.333. The standard InChI is InChI=1S/C9H8ClNO2S/c1-9(3-7(12)11-8(9)13)5-2-6(10)14-4-5/h2,4H,3H2,1H3,(H,11,12,13). The van der Waals surface area contributed by atoms with Gasteiger partial charge in [-0.3, -0.25) is 14.9 Å².